The maximum absolute atomic E-state index is 11.2. The minimum Gasteiger partial charge on any atom is -0.464 e. The Bertz CT molecular complexity index is 602. The molecule has 0 aliphatic heterocycles. The number of anilines is 1. The molecule has 1 aromatic carbocycles. The third-order valence-electron chi connectivity index (χ3n) is 2.77. The number of carbonyl (C=O) groups is 1. The van der Waals surface area contributed by atoms with E-state index in [1.54, 1.807) is 12.1 Å². The fraction of sp³-hybridized carbons (Fsp3) is 0.214. The second-order valence-corrected chi connectivity index (χ2v) is 4.65. The number of carbonyl (C=O) groups excluding carboxylic acids is 1. The van der Waals surface area contributed by atoms with Crippen LogP contribution < -0.4 is 5.32 Å². The largest absolute Gasteiger partial charge is 0.464 e. The highest BCUT2D eigenvalue weighted by Crippen LogP contribution is 2.20. The third-order valence-corrected chi connectivity index (χ3v) is 3.01. The number of rotatable bonds is 4. The molecule has 1 atom stereocenters. The number of methoxy groups -OCH3 is 1. The topological polar surface area (TPSA) is 64.1 Å². The molecule has 0 aliphatic rings. The van der Waals surface area contributed by atoms with Crippen molar-refractivity contribution >= 4 is 23.4 Å². The number of benzene rings is 1. The number of ether oxygens (including phenoxy) is 1. The molecule has 2 aromatic rings. The third kappa shape index (κ3) is 3.45. The summed E-state index contributed by atoms with van der Waals surface area (Å²) in [6, 6.07) is 10.8. The maximum Gasteiger partial charge on any atom is 0.358 e. The average Bonchev–Trinajstić information content (AvgIpc) is 2.47. The van der Waals surface area contributed by atoms with Gasteiger partial charge in [-0.1, -0.05) is 23.7 Å². The highest BCUT2D eigenvalue weighted by molar-refractivity contribution is 6.30. The quantitative estimate of drug-likeness (QED) is 0.877. The summed E-state index contributed by atoms with van der Waals surface area (Å²) in [7, 11) is 1.30. The van der Waals surface area contributed by atoms with E-state index in [0.717, 1.165) is 5.56 Å². The maximum atomic E-state index is 11.2. The number of nitrogens with zero attached hydrogens (tertiary/aromatic N) is 2. The minimum atomic E-state index is -0.507. The molecule has 0 saturated heterocycles. The number of hydrogen-bond acceptors (Lipinski definition) is 5. The van der Waals surface area contributed by atoms with Crippen molar-refractivity contribution in [3.05, 3.63) is 52.7 Å². The van der Waals surface area contributed by atoms with Gasteiger partial charge in [-0.2, -0.15) is 0 Å². The van der Waals surface area contributed by atoms with Gasteiger partial charge < -0.3 is 10.1 Å². The molecule has 1 unspecified atom stereocenters. The summed E-state index contributed by atoms with van der Waals surface area (Å²) in [4.78, 5) is 11.2. The molecule has 0 bridgehead atoms. The number of hydrogen-bond donors (Lipinski definition) is 1. The molecule has 5 nitrogen and oxygen atoms in total. The highest BCUT2D eigenvalue weighted by Gasteiger charge is 2.10. The van der Waals surface area contributed by atoms with E-state index in [2.05, 4.69) is 20.3 Å². The van der Waals surface area contributed by atoms with Crippen LogP contribution in [0.2, 0.25) is 5.02 Å². The van der Waals surface area contributed by atoms with Crippen LogP contribution >= 0.6 is 11.6 Å². The van der Waals surface area contributed by atoms with Crippen molar-refractivity contribution in [2.75, 3.05) is 12.4 Å². The summed E-state index contributed by atoms with van der Waals surface area (Å²) in [6.45, 7) is 1.99. The van der Waals surface area contributed by atoms with Crippen LogP contribution in [0.3, 0.4) is 0 Å². The van der Waals surface area contributed by atoms with Crippen LogP contribution in [0.1, 0.15) is 29.0 Å². The lowest BCUT2D eigenvalue weighted by Crippen LogP contribution is -2.10. The van der Waals surface area contributed by atoms with Gasteiger partial charge in [-0.05, 0) is 36.8 Å². The molecule has 0 spiro atoms. The molecule has 1 heterocycles. The number of halogens is 1. The molecule has 104 valence electrons. The lowest BCUT2D eigenvalue weighted by Gasteiger charge is -2.14. The Morgan fingerprint density at radius 2 is 2.10 bits per heavy atom. The van der Waals surface area contributed by atoms with E-state index >= 15 is 0 Å². The fourth-order valence-corrected chi connectivity index (χ4v) is 1.90. The van der Waals surface area contributed by atoms with E-state index in [1.165, 1.54) is 7.11 Å². The van der Waals surface area contributed by atoms with Gasteiger partial charge in [0.1, 0.15) is 5.82 Å². The van der Waals surface area contributed by atoms with Crippen LogP contribution in [0.15, 0.2) is 36.4 Å². The van der Waals surface area contributed by atoms with Gasteiger partial charge in [-0.15, -0.1) is 10.2 Å². The van der Waals surface area contributed by atoms with Crippen LogP contribution in [-0.2, 0) is 4.74 Å². The Morgan fingerprint density at radius 3 is 2.70 bits per heavy atom. The van der Waals surface area contributed by atoms with Crippen LogP contribution in [0.25, 0.3) is 0 Å². The van der Waals surface area contributed by atoms with Crippen LogP contribution in [0, 0.1) is 0 Å². The molecule has 0 aliphatic carbocycles. The predicted octanol–water partition coefficient (Wildman–Crippen LogP) is 3.09. The van der Waals surface area contributed by atoms with Gasteiger partial charge in [0, 0.05) is 5.02 Å². The van der Waals surface area contributed by atoms with Gasteiger partial charge in [0.15, 0.2) is 5.69 Å². The molecular weight excluding hydrogens is 278 g/mol. The molecule has 0 radical (unpaired) electrons. The van der Waals surface area contributed by atoms with E-state index in [-0.39, 0.29) is 11.7 Å². The van der Waals surface area contributed by atoms with Crippen molar-refractivity contribution in [1.82, 2.24) is 10.2 Å². The minimum absolute atomic E-state index is 0.0203. The van der Waals surface area contributed by atoms with Crippen molar-refractivity contribution in [2.45, 2.75) is 13.0 Å². The van der Waals surface area contributed by atoms with Gasteiger partial charge >= 0.3 is 5.97 Å². The first-order valence-corrected chi connectivity index (χ1v) is 6.42. The number of nitrogens with one attached hydrogen (secondary N) is 1. The molecule has 0 fully saturated rings. The van der Waals surface area contributed by atoms with Crippen molar-refractivity contribution in [2.24, 2.45) is 0 Å². The first-order valence-electron chi connectivity index (χ1n) is 6.04. The molecule has 0 amide bonds. The van der Waals surface area contributed by atoms with Crippen molar-refractivity contribution in [3.8, 4) is 0 Å². The highest BCUT2D eigenvalue weighted by atomic mass is 35.5. The van der Waals surface area contributed by atoms with E-state index in [0.29, 0.717) is 10.8 Å². The summed E-state index contributed by atoms with van der Waals surface area (Å²) in [5, 5.41) is 11.6. The summed E-state index contributed by atoms with van der Waals surface area (Å²) in [5.41, 5.74) is 1.21. The second-order valence-electron chi connectivity index (χ2n) is 4.22. The lowest BCUT2D eigenvalue weighted by atomic mass is 10.1. The van der Waals surface area contributed by atoms with Gasteiger partial charge in [0.25, 0.3) is 0 Å². The molecule has 20 heavy (non-hydrogen) atoms. The SMILES string of the molecule is COC(=O)c1ccc(NC(C)c2cccc(Cl)c2)nn1. The lowest BCUT2D eigenvalue weighted by molar-refractivity contribution is 0.0593. The van der Waals surface area contributed by atoms with E-state index in [1.807, 2.05) is 31.2 Å². The molecular formula is C14H14ClN3O2. The molecule has 1 N–H and O–H groups in total. The van der Waals surface area contributed by atoms with Crippen molar-refractivity contribution in [3.63, 3.8) is 0 Å². The molecule has 6 heteroatoms. The summed E-state index contributed by atoms with van der Waals surface area (Å²) >= 11 is 5.96. The molecule has 2 rings (SSSR count). The summed E-state index contributed by atoms with van der Waals surface area (Å²) in [5.74, 6) is 0.0667. The standard InChI is InChI=1S/C14H14ClN3O2/c1-9(10-4-3-5-11(15)8-10)16-13-7-6-12(17-18-13)14(19)20-2/h3-9H,1-2H3,(H,16,18). The smallest absolute Gasteiger partial charge is 0.358 e. The Hall–Kier alpha value is -2.14. The van der Waals surface area contributed by atoms with E-state index in [4.69, 9.17) is 11.6 Å². The fourth-order valence-electron chi connectivity index (χ4n) is 1.70. The Kier molecular flexibility index (Phi) is 4.53. The number of esters is 1. The summed E-state index contributed by atoms with van der Waals surface area (Å²) < 4.78 is 4.56. The van der Waals surface area contributed by atoms with Crippen LogP contribution in [-0.4, -0.2) is 23.3 Å². The zero-order valence-corrected chi connectivity index (χ0v) is 11.9. The van der Waals surface area contributed by atoms with Crippen molar-refractivity contribution < 1.29 is 9.53 Å². The van der Waals surface area contributed by atoms with Gasteiger partial charge in [0.05, 0.1) is 13.2 Å². The molecule has 1 aromatic heterocycles. The van der Waals surface area contributed by atoms with Gasteiger partial charge in [-0.3, -0.25) is 0 Å². The predicted molar refractivity (Wildman–Crippen MR) is 76.9 cm³/mol. The Balaban J connectivity index is 2.08. The van der Waals surface area contributed by atoms with E-state index < -0.39 is 5.97 Å². The zero-order chi connectivity index (χ0) is 14.5. The van der Waals surface area contributed by atoms with Crippen molar-refractivity contribution in [1.29, 1.82) is 0 Å². The Morgan fingerprint density at radius 1 is 1.30 bits per heavy atom. The van der Waals surface area contributed by atoms with Crippen LogP contribution in [0.5, 0.6) is 0 Å². The average molecular weight is 292 g/mol. The first-order chi connectivity index (χ1) is 9.60. The normalized spacial score (nSPS) is 11.8. The van der Waals surface area contributed by atoms with Crippen LogP contribution in [0.4, 0.5) is 5.82 Å². The van der Waals surface area contributed by atoms with Gasteiger partial charge in [-0.25, -0.2) is 4.79 Å². The van der Waals surface area contributed by atoms with Gasteiger partial charge in [0.2, 0.25) is 0 Å². The molecule has 0 saturated carbocycles. The first kappa shape index (κ1) is 14.3. The summed E-state index contributed by atoms with van der Waals surface area (Å²) in [6.07, 6.45) is 0. The monoisotopic (exact) mass is 291 g/mol. The van der Waals surface area contributed by atoms with E-state index in [9.17, 15) is 4.79 Å². The second kappa shape index (κ2) is 6.34. The number of aromatic nitrogens is 2. The zero-order valence-electron chi connectivity index (χ0n) is 11.1. The Labute approximate surface area is 121 Å².